The molecule has 2 heterocycles. The molecule has 3 N–H and O–H groups in total. The van der Waals surface area contributed by atoms with Crippen LogP contribution >= 0.6 is 0 Å². The van der Waals surface area contributed by atoms with Crippen LogP contribution in [0, 0.1) is 5.92 Å². The minimum atomic E-state index is -0.681. The number of amides is 1. The summed E-state index contributed by atoms with van der Waals surface area (Å²) in [5.41, 5.74) is 5.61. The number of ether oxygens (including phenoxy) is 2. The average Bonchev–Trinajstić information content (AvgIpc) is 3.29. The van der Waals surface area contributed by atoms with Gasteiger partial charge in [0.25, 0.3) is 5.91 Å². The molecule has 0 unspecified atom stereocenters. The second-order valence-electron chi connectivity index (χ2n) is 9.85. The number of hydrogen-bond donors (Lipinski definition) is 3. The Kier molecular flexibility index (Phi) is 7.84. The van der Waals surface area contributed by atoms with Crippen LogP contribution in [0.3, 0.4) is 0 Å². The molecule has 0 radical (unpaired) electrons. The lowest BCUT2D eigenvalue weighted by molar-refractivity contribution is -0.143. The van der Waals surface area contributed by atoms with Gasteiger partial charge in [-0.15, -0.1) is 0 Å². The number of aliphatic carboxylic acids is 1. The van der Waals surface area contributed by atoms with Gasteiger partial charge in [0, 0.05) is 23.9 Å². The zero-order valence-corrected chi connectivity index (χ0v) is 22.2. The van der Waals surface area contributed by atoms with Gasteiger partial charge in [0.2, 0.25) is 0 Å². The van der Waals surface area contributed by atoms with Crippen molar-refractivity contribution in [3.63, 3.8) is 0 Å². The molecular formula is C31H33N3O5. The molecule has 0 saturated carbocycles. The fourth-order valence-electron chi connectivity index (χ4n) is 5.22. The number of carbonyl (C=O) groups excluding carboxylic acids is 1. The normalized spacial score (nSPS) is 16.8. The van der Waals surface area contributed by atoms with Gasteiger partial charge < -0.3 is 30.1 Å². The Labute approximate surface area is 228 Å². The molecule has 1 saturated heterocycles. The van der Waals surface area contributed by atoms with E-state index in [-0.39, 0.29) is 11.8 Å². The zero-order chi connectivity index (χ0) is 27.4. The number of hydrogen-bond acceptors (Lipinski definition) is 6. The number of benzene rings is 3. The summed E-state index contributed by atoms with van der Waals surface area (Å²) in [5.74, 6) is 0.00889. The van der Waals surface area contributed by atoms with Gasteiger partial charge in [-0.2, -0.15) is 0 Å². The number of nitrogens with zero attached hydrogens (tertiary/aromatic N) is 1. The number of anilines is 2. The van der Waals surface area contributed by atoms with Crippen molar-refractivity contribution in [3.8, 4) is 11.5 Å². The minimum absolute atomic E-state index is 0.199. The van der Waals surface area contributed by atoms with Gasteiger partial charge in [-0.05, 0) is 61.7 Å². The summed E-state index contributed by atoms with van der Waals surface area (Å²) in [4.78, 5) is 26.8. The van der Waals surface area contributed by atoms with Crippen molar-refractivity contribution in [1.82, 2.24) is 4.90 Å². The Balaban J connectivity index is 1.37. The van der Waals surface area contributed by atoms with E-state index in [0.717, 1.165) is 42.9 Å². The lowest BCUT2D eigenvalue weighted by Gasteiger charge is -2.29. The van der Waals surface area contributed by atoms with Crippen molar-refractivity contribution < 1.29 is 24.2 Å². The maximum absolute atomic E-state index is 13.3. The fourth-order valence-corrected chi connectivity index (χ4v) is 5.22. The number of nitrogens with one attached hydrogen (secondary N) is 2. The smallest absolute Gasteiger partial charge is 0.306 e. The van der Waals surface area contributed by atoms with E-state index in [9.17, 15) is 14.7 Å². The Bertz CT molecular complexity index is 1380. The molecule has 202 valence electrons. The summed E-state index contributed by atoms with van der Waals surface area (Å²) in [6.45, 7) is 2.55. The number of rotatable bonds is 9. The topological polar surface area (TPSA) is 100 Å². The zero-order valence-electron chi connectivity index (χ0n) is 22.2. The maximum Gasteiger partial charge on any atom is 0.306 e. The third-order valence-electron chi connectivity index (χ3n) is 7.46. The molecule has 0 aliphatic carbocycles. The molecule has 1 fully saturated rings. The molecule has 2 aliphatic rings. The van der Waals surface area contributed by atoms with Crippen LogP contribution in [0.25, 0.3) is 11.3 Å². The molecule has 0 aromatic heterocycles. The monoisotopic (exact) mass is 527 g/mol. The van der Waals surface area contributed by atoms with Crippen molar-refractivity contribution >= 4 is 34.5 Å². The second-order valence-corrected chi connectivity index (χ2v) is 9.85. The van der Waals surface area contributed by atoms with Crippen LogP contribution in [-0.2, 0) is 16.0 Å². The SMILES string of the molecule is COc1cc2c(cc1OC)/C(=C(/Nc1ccc(CCN3CCC(C(=O)O)CC3)cc1)c1ccccc1)C(=O)N2. The van der Waals surface area contributed by atoms with E-state index in [0.29, 0.717) is 41.3 Å². The van der Waals surface area contributed by atoms with E-state index < -0.39 is 5.97 Å². The van der Waals surface area contributed by atoms with Crippen LogP contribution in [0.15, 0.2) is 66.7 Å². The molecule has 8 nitrogen and oxygen atoms in total. The summed E-state index contributed by atoms with van der Waals surface area (Å²) in [6.07, 6.45) is 2.32. The summed E-state index contributed by atoms with van der Waals surface area (Å²) >= 11 is 0. The molecule has 1 amide bonds. The van der Waals surface area contributed by atoms with Gasteiger partial charge in [0.05, 0.1) is 37.1 Å². The molecule has 3 aromatic rings. The van der Waals surface area contributed by atoms with Crippen LogP contribution in [0.2, 0.25) is 0 Å². The molecule has 0 atom stereocenters. The Morgan fingerprint density at radius 3 is 2.31 bits per heavy atom. The summed E-state index contributed by atoms with van der Waals surface area (Å²) < 4.78 is 10.9. The molecule has 39 heavy (non-hydrogen) atoms. The summed E-state index contributed by atoms with van der Waals surface area (Å²) in [6, 6.07) is 21.6. The minimum Gasteiger partial charge on any atom is -0.493 e. The van der Waals surface area contributed by atoms with Gasteiger partial charge in [-0.1, -0.05) is 42.5 Å². The lowest BCUT2D eigenvalue weighted by Crippen LogP contribution is -2.37. The first kappa shape index (κ1) is 26.3. The summed E-state index contributed by atoms with van der Waals surface area (Å²) in [5, 5.41) is 15.7. The van der Waals surface area contributed by atoms with E-state index >= 15 is 0 Å². The summed E-state index contributed by atoms with van der Waals surface area (Å²) in [7, 11) is 3.15. The van der Waals surface area contributed by atoms with Crippen molar-refractivity contribution in [1.29, 1.82) is 0 Å². The predicted octanol–water partition coefficient (Wildman–Crippen LogP) is 4.98. The highest BCUT2D eigenvalue weighted by Gasteiger charge is 2.30. The molecule has 8 heteroatoms. The molecule has 0 spiro atoms. The van der Waals surface area contributed by atoms with Crippen LogP contribution in [0.1, 0.15) is 29.5 Å². The molecule has 2 aliphatic heterocycles. The Morgan fingerprint density at radius 1 is 1.00 bits per heavy atom. The largest absolute Gasteiger partial charge is 0.493 e. The van der Waals surface area contributed by atoms with Crippen molar-refractivity contribution in [2.75, 3.05) is 44.5 Å². The van der Waals surface area contributed by atoms with E-state index in [4.69, 9.17) is 9.47 Å². The third kappa shape index (κ3) is 5.76. The highest BCUT2D eigenvalue weighted by atomic mass is 16.5. The number of piperidine rings is 1. The van der Waals surface area contributed by atoms with Gasteiger partial charge >= 0.3 is 5.97 Å². The van der Waals surface area contributed by atoms with Crippen LogP contribution in [-0.4, -0.2) is 55.7 Å². The first-order chi connectivity index (χ1) is 19.0. The van der Waals surface area contributed by atoms with Crippen LogP contribution in [0.4, 0.5) is 11.4 Å². The van der Waals surface area contributed by atoms with E-state index in [1.54, 1.807) is 20.3 Å². The number of carbonyl (C=O) groups is 2. The van der Waals surface area contributed by atoms with E-state index in [2.05, 4.69) is 27.7 Å². The van der Waals surface area contributed by atoms with Crippen LogP contribution in [0.5, 0.6) is 11.5 Å². The lowest BCUT2D eigenvalue weighted by atomic mass is 9.97. The van der Waals surface area contributed by atoms with Crippen LogP contribution < -0.4 is 20.1 Å². The quantitative estimate of drug-likeness (QED) is 0.338. The number of likely N-dealkylation sites (tertiary alicyclic amines) is 1. The first-order valence-electron chi connectivity index (χ1n) is 13.2. The van der Waals surface area contributed by atoms with E-state index in [1.165, 1.54) is 5.56 Å². The first-order valence-corrected chi connectivity index (χ1v) is 13.2. The number of methoxy groups -OCH3 is 2. The average molecular weight is 528 g/mol. The Morgan fingerprint density at radius 2 is 1.67 bits per heavy atom. The Hall–Kier alpha value is -4.30. The van der Waals surface area contributed by atoms with E-state index in [1.807, 2.05) is 48.5 Å². The second kappa shape index (κ2) is 11.6. The highest BCUT2D eigenvalue weighted by molar-refractivity contribution is 6.37. The third-order valence-corrected chi connectivity index (χ3v) is 7.46. The fraction of sp³-hybridized carbons (Fsp3) is 0.290. The van der Waals surface area contributed by atoms with Crippen molar-refractivity contribution in [3.05, 3.63) is 83.4 Å². The highest BCUT2D eigenvalue weighted by Crippen LogP contribution is 2.43. The molecule has 0 bridgehead atoms. The van der Waals surface area contributed by atoms with Gasteiger partial charge in [0.1, 0.15) is 0 Å². The maximum atomic E-state index is 13.3. The molecule has 5 rings (SSSR count). The van der Waals surface area contributed by atoms with Gasteiger partial charge in [-0.25, -0.2) is 0 Å². The number of fused-ring (bicyclic) bond motifs is 1. The van der Waals surface area contributed by atoms with Gasteiger partial charge in [-0.3, -0.25) is 9.59 Å². The standard InChI is InChI=1S/C31H33N3O5/c1-38-26-18-24-25(19-27(26)39-2)33-30(35)28(24)29(21-6-4-3-5-7-21)32-23-10-8-20(9-11-23)12-15-34-16-13-22(14-17-34)31(36)37/h3-11,18-19,22,32H,12-17H2,1-2H3,(H,33,35)(H,36,37)/b29-28-. The number of carboxylic acid groups (broad SMARTS) is 1. The number of carboxylic acids is 1. The van der Waals surface area contributed by atoms with Crippen molar-refractivity contribution in [2.45, 2.75) is 19.3 Å². The molecule has 3 aromatic carbocycles. The molecular weight excluding hydrogens is 494 g/mol. The predicted molar refractivity (Wildman–Crippen MR) is 152 cm³/mol. The van der Waals surface area contributed by atoms with Gasteiger partial charge in [0.15, 0.2) is 11.5 Å². The van der Waals surface area contributed by atoms with Crippen molar-refractivity contribution in [2.24, 2.45) is 5.92 Å².